The normalized spacial score (nSPS) is 36.1. The van der Waals surface area contributed by atoms with Crippen LogP contribution in [0.3, 0.4) is 0 Å². The summed E-state index contributed by atoms with van der Waals surface area (Å²) in [5.41, 5.74) is 1.40. The van der Waals surface area contributed by atoms with Gasteiger partial charge in [0, 0.05) is 12.0 Å². The molecule has 6 rings (SSSR count). The van der Waals surface area contributed by atoms with Crippen LogP contribution in [0.2, 0.25) is 0 Å². The molecular weight excluding hydrogens is 435 g/mol. The smallest absolute Gasteiger partial charge is 0.262 e. The number of carbonyl (C=O) groups is 1. The van der Waals surface area contributed by atoms with E-state index in [0.717, 1.165) is 37.1 Å². The average Bonchev–Trinajstić information content (AvgIpc) is 3.19. The molecular formula is C24H32F3N3OS. The summed E-state index contributed by atoms with van der Waals surface area (Å²) in [4.78, 5) is 15.3. The van der Waals surface area contributed by atoms with E-state index >= 15 is 0 Å². The first kappa shape index (κ1) is 22.4. The highest BCUT2D eigenvalue weighted by Gasteiger charge is 2.53. The van der Waals surface area contributed by atoms with Gasteiger partial charge in [-0.15, -0.1) is 0 Å². The van der Waals surface area contributed by atoms with Gasteiger partial charge < -0.3 is 0 Å². The van der Waals surface area contributed by atoms with Gasteiger partial charge in [-0.05, 0) is 87.4 Å². The van der Waals surface area contributed by atoms with Crippen molar-refractivity contribution < 1.29 is 18.0 Å². The summed E-state index contributed by atoms with van der Waals surface area (Å²) >= 11 is 1.23. The molecule has 0 N–H and O–H groups in total. The molecule has 32 heavy (non-hydrogen) atoms. The molecule has 0 radical (unpaired) electrons. The van der Waals surface area contributed by atoms with Crippen molar-refractivity contribution in [1.29, 1.82) is 0 Å². The standard InChI is InChI=1S/C24H32F3N3OS/c1-14-4-5-18(22(14,2)3)6-7-30-21(28-19(31)24(25,26)27)32-20(29-30)23-11-15-8-16(12-23)10-17(9-15)13-23/h4,15-18H,5-13H2,1-3H3/t15?,16?,17?,18-,23?/m0/s1. The highest BCUT2D eigenvalue weighted by Crippen LogP contribution is 2.60. The molecule has 0 unspecified atom stereocenters. The van der Waals surface area contributed by atoms with Gasteiger partial charge in [0.2, 0.25) is 4.80 Å². The Bertz CT molecular complexity index is 981. The number of nitrogens with zero attached hydrogens (tertiary/aromatic N) is 3. The van der Waals surface area contributed by atoms with E-state index < -0.39 is 12.1 Å². The molecule has 0 aliphatic heterocycles. The summed E-state index contributed by atoms with van der Waals surface area (Å²) in [5, 5.41) is 5.78. The van der Waals surface area contributed by atoms with Crippen LogP contribution in [0.5, 0.6) is 0 Å². The lowest BCUT2D eigenvalue weighted by Crippen LogP contribution is -2.48. The summed E-state index contributed by atoms with van der Waals surface area (Å²) in [6.45, 7) is 7.08. The van der Waals surface area contributed by atoms with Crippen LogP contribution in [0.1, 0.15) is 77.1 Å². The molecule has 4 nitrogen and oxygen atoms in total. The number of rotatable bonds is 4. The Labute approximate surface area is 191 Å². The van der Waals surface area contributed by atoms with Gasteiger partial charge >= 0.3 is 12.1 Å². The molecule has 4 bridgehead atoms. The Kier molecular flexibility index (Phi) is 5.27. The predicted octanol–water partition coefficient (Wildman–Crippen LogP) is 5.78. The summed E-state index contributed by atoms with van der Waals surface area (Å²) in [5.74, 6) is 0.508. The lowest BCUT2D eigenvalue weighted by Gasteiger charge is -2.55. The van der Waals surface area contributed by atoms with E-state index in [2.05, 4.69) is 31.8 Å². The molecule has 4 fully saturated rings. The maximum atomic E-state index is 13.0. The first-order chi connectivity index (χ1) is 15.0. The van der Waals surface area contributed by atoms with Crippen LogP contribution in [-0.4, -0.2) is 21.9 Å². The first-order valence-electron chi connectivity index (χ1n) is 11.9. The summed E-state index contributed by atoms with van der Waals surface area (Å²) in [7, 11) is 0. The van der Waals surface area contributed by atoms with Crippen LogP contribution >= 0.6 is 11.3 Å². The minimum absolute atomic E-state index is 0.0268. The fourth-order valence-electron chi connectivity index (χ4n) is 7.23. The van der Waals surface area contributed by atoms with Gasteiger partial charge in [0.05, 0.1) is 0 Å². The Hall–Kier alpha value is -1.44. The van der Waals surface area contributed by atoms with Crippen LogP contribution in [-0.2, 0) is 16.8 Å². The predicted molar refractivity (Wildman–Crippen MR) is 117 cm³/mol. The monoisotopic (exact) mass is 467 g/mol. The third-order valence-electron chi connectivity index (χ3n) is 8.99. The van der Waals surface area contributed by atoms with E-state index in [0.29, 0.717) is 30.2 Å². The van der Waals surface area contributed by atoms with Gasteiger partial charge in [-0.3, -0.25) is 4.79 Å². The number of amides is 1. The number of halogens is 3. The fraction of sp³-hybridized carbons (Fsp3) is 0.792. The Morgan fingerprint density at radius 1 is 1.19 bits per heavy atom. The SMILES string of the molecule is CC1=CC[C@@H](CCn2nc(C34CC5CC(CC(C5)C3)C4)sc2=NC(=O)C(F)(F)F)C1(C)C. The molecule has 1 aromatic heterocycles. The zero-order valence-electron chi connectivity index (χ0n) is 19.0. The van der Waals surface area contributed by atoms with Crippen LogP contribution < -0.4 is 4.80 Å². The Morgan fingerprint density at radius 2 is 1.78 bits per heavy atom. The second-order valence-corrected chi connectivity index (χ2v) is 12.3. The minimum Gasteiger partial charge on any atom is -0.262 e. The van der Waals surface area contributed by atoms with Gasteiger partial charge in [-0.2, -0.15) is 23.3 Å². The lowest BCUT2D eigenvalue weighted by molar-refractivity contribution is -0.169. The molecule has 0 saturated heterocycles. The topological polar surface area (TPSA) is 47.2 Å². The quantitative estimate of drug-likeness (QED) is 0.527. The summed E-state index contributed by atoms with van der Waals surface area (Å²) < 4.78 is 40.6. The first-order valence-corrected chi connectivity index (χ1v) is 12.7. The van der Waals surface area contributed by atoms with E-state index in [1.54, 1.807) is 4.68 Å². The maximum absolute atomic E-state index is 13.0. The van der Waals surface area contributed by atoms with E-state index in [4.69, 9.17) is 5.10 Å². The third kappa shape index (κ3) is 3.80. The average molecular weight is 468 g/mol. The Morgan fingerprint density at radius 3 is 2.28 bits per heavy atom. The van der Waals surface area contributed by atoms with Crippen molar-refractivity contribution in [2.75, 3.05) is 0 Å². The highest BCUT2D eigenvalue weighted by atomic mass is 32.1. The molecule has 5 aliphatic carbocycles. The van der Waals surface area contributed by atoms with Crippen molar-refractivity contribution >= 4 is 17.2 Å². The van der Waals surface area contributed by atoms with Gasteiger partial charge in [0.25, 0.3) is 0 Å². The summed E-state index contributed by atoms with van der Waals surface area (Å²) in [6.07, 6.45) is 6.19. The molecule has 4 saturated carbocycles. The molecule has 1 amide bonds. The lowest BCUT2D eigenvalue weighted by atomic mass is 9.50. The molecule has 1 atom stereocenters. The van der Waals surface area contributed by atoms with E-state index in [-0.39, 0.29) is 15.6 Å². The molecule has 0 aromatic carbocycles. The van der Waals surface area contributed by atoms with Crippen molar-refractivity contribution in [1.82, 2.24) is 9.78 Å². The molecule has 8 heteroatoms. The molecule has 1 heterocycles. The van der Waals surface area contributed by atoms with Gasteiger partial charge in [0.1, 0.15) is 5.01 Å². The number of allylic oxidation sites excluding steroid dienone is 2. The van der Waals surface area contributed by atoms with Crippen molar-refractivity contribution in [3.05, 3.63) is 21.5 Å². The van der Waals surface area contributed by atoms with Gasteiger partial charge in [-0.1, -0.05) is 36.8 Å². The molecule has 0 spiro atoms. The van der Waals surface area contributed by atoms with Crippen LogP contribution in [0.25, 0.3) is 0 Å². The highest BCUT2D eigenvalue weighted by molar-refractivity contribution is 7.09. The van der Waals surface area contributed by atoms with E-state index in [1.165, 1.54) is 36.2 Å². The molecule has 176 valence electrons. The number of aromatic nitrogens is 2. The van der Waals surface area contributed by atoms with Crippen molar-refractivity contribution in [2.24, 2.45) is 34.1 Å². The van der Waals surface area contributed by atoms with Crippen LogP contribution in [0, 0.1) is 29.1 Å². The third-order valence-corrected chi connectivity index (χ3v) is 10.2. The van der Waals surface area contributed by atoms with E-state index in [9.17, 15) is 18.0 Å². The molecule has 5 aliphatic rings. The number of carbonyl (C=O) groups excluding carboxylic acids is 1. The molecule has 1 aromatic rings. The van der Waals surface area contributed by atoms with Crippen LogP contribution in [0.15, 0.2) is 16.6 Å². The number of hydrogen-bond donors (Lipinski definition) is 0. The van der Waals surface area contributed by atoms with Gasteiger partial charge in [-0.25, -0.2) is 4.68 Å². The van der Waals surface area contributed by atoms with Crippen LogP contribution in [0.4, 0.5) is 13.2 Å². The fourth-order valence-corrected chi connectivity index (χ4v) is 8.38. The zero-order chi connectivity index (χ0) is 22.9. The minimum atomic E-state index is -4.96. The van der Waals surface area contributed by atoms with Crippen molar-refractivity contribution in [2.45, 2.75) is 90.3 Å². The van der Waals surface area contributed by atoms with Gasteiger partial charge in [0.15, 0.2) is 0 Å². The Balaban J connectivity index is 1.46. The maximum Gasteiger partial charge on any atom is 0.473 e. The number of hydrogen-bond acceptors (Lipinski definition) is 3. The number of aryl methyl sites for hydroxylation is 1. The van der Waals surface area contributed by atoms with Crippen molar-refractivity contribution in [3.63, 3.8) is 0 Å². The second-order valence-electron chi connectivity index (χ2n) is 11.4. The number of alkyl halides is 3. The zero-order valence-corrected chi connectivity index (χ0v) is 19.9. The summed E-state index contributed by atoms with van der Waals surface area (Å²) in [6, 6.07) is 0. The second kappa shape index (κ2) is 7.54. The van der Waals surface area contributed by atoms with Crippen molar-refractivity contribution in [3.8, 4) is 0 Å². The largest absolute Gasteiger partial charge is 0.473 e. The van der Waals surface area contributed by atoms with E-state index in [1.807, 2.05) is 0 Å².